The summed E-state index contributed by atoms with van der Waals surface area (Å²) < 4.78 is 5.40. The van der Waals surface area contributed by atoms with Crippen molar-refractivity contribution in [1.29, 1.82) is 0 Å². The van der Waals surface area contributed by atoms with Gasteiger partial charge in [-0.05, 0) is 38.1 Å². The summed E-state index contributed by atoms with van der Waals surface area (Å²) in [5, 5.41) is 14.4. The molecule has 0 unspecified atom stereocenters. The molecular formula is C16H21N3O4. The van der Waals surface area contributed by atoms with Crippen LogP contribution in [-0.2, 0) is 14.3 Å². The van der Waals surface area contributed by atoms with Gasteiger partial charge in [-0.2, -0.15) is 0 Å². The molecule has 3 rings (SSSR count). The molecule has 23 heavy (non-hydrogen) atoms. The van der Waals surface area contributed by atoms with Crippen LogP contribution in [0.2, 0.25) is 0 Å². The number of nitrogens with zero attached hydrogens (tertiary/aromatic N) is 3. The van der Waals surface area contributed by atoms with Crippen molar-refractivity contribution < 1.29 is 19.4 Å². The quantitative estimate of drug-likeness (QED) is 0.275. The fourth-order valence-electron chi connectivity index (χ4n) is 4.52. The number of ketones is 1. The van der Waals surface area contributed by atoms with Crippen molar-refractivity contribution in [2.75, 3.05) is 6.54 Å². The summed E-state index contributed by atoms with van der Waals surface area (Å²) in [5.41, 5.74) is 6.24. The number of fused-ring (bicyclic) bond motifs is 1. The zero-order chi connectivity index (χ0) is 16.7. The number of allylic oxidation sites excluding steroid dienone is 1. The monoisotopic (exact) mass is 319 g/mol. The molecule has 124 valence electrons. The predicted octanol–water partition coefficient (Wildman–Crippen LogP) is 2.29. The fraction of sp³-hybridized carbons (Fsp3) is 0.750. The third kappa shape index (κ3) is 2.11. The van der Waals surface area contributed by atoms with Crippen molar-refractivity contribution in [2.45, 2.75) is 50.7 Å². The van der Waals surface area contributed by atoms with E-state index >= 15 is 0 Å². The van der Waals surface area contributed by atoms with E-state index in [1.165, 1.54) is 0 Å². The van der Waals surface area contributed by atoms with Crippen LogP contribution in [-0.4, -0.2) is 35.1 Å². The summed E-state index contributed by atoms with van der Waals surface area (Å²) >= 11 is 0. The number of aliphatic hydroxyl groups excluding tert-OH is 1. The molecule has 2 fully saturated rings. The van der Waals surface area contributed by atoms with E-state index in [-0.39, 0.29) is 24.7 Å². The van der Waals surface area contributed by atoms with E-state index < -0.39 is 29.0 Å². The predicted molar refractivity (Wildman–Crippen MR) is 81.2 cm³/mol. The molecule has 1 saturated carbocycles. The van der Waals surface area contributed by atoms with Crippen LogP contribution in [0.3, 0.4) is 0 Å². The number of carbonyl (C=O) groups is 2. The zero-order valence-electron chi connectivity index (χ0n) is 13.1. The lowest BCUT2D eigenvalue weighted by Crippen LogP contribution is -2.70. The number of aliphatic hydroxyl groups is 1. The second kappa shape index (κ2) is 5.65. The van der Waals surface area contributed by atoms with Crippen molar-refractivity contribution in [2.24, 2.45) is 22.4 Å². The van der Waals surface area contributed by atoms with Crippen molar-refractivity contribution in [3.8, 4) is 0 Å². The Labute approximate surface area is 134 Å². The molecule has 0 amide bonds. The molecule has 1 heterocycles. The van der Waals surface area contributed by atoms with Gasteiger partial charge in [-0.15, -0.1) is 0 Å². The summed E-state index contributed by atoms with van der Waals surface area (Å²) in [6.45, 7) is 1.91. The van der Waals surface area contributed by atoms with E-state index in [4.69, 9.17) is 10.3 Å². The molecule has 2 aliphatic carbocycles. The van der Waals surface area contributed by atoms with E-state index in [2.05, 4.69) is 10.0 Å². The lowest BCUT2D eigenvalue weighted by atomic mass is 9.60. The summed E-state index contributed by atoms with van der Waals surface area (Å²) in [7, 11) is 0. The van der Waals surface area contributed by atoms with Gasteiger partial charge in [0, 0.05) is 23.8 Å². The van der Waals surface area contributed by atoms with Crippen LogP contribution in [0.15, 0.2) is 17.3 Å². The van der Waals surface area contributed by atoms with Gasteiger partial charge in [-0.3, -0.25) is 9.59 Å². The second-order valence-electron chi connectivity index (χ2n) is 6.87. The number of esters is 1. The van der Waals surface area contributed by atoms with Gasteiger partial charge in [-0.1, -0.05) is 17.3 Å². The van der Waals surface area contributed by atoms with Crippen LogP contribution in [0, 0.1) is 17.3 Å². The maximum atomic E-state index is 12.5. The minimum atomic E-state index is -1.16. The highest BCUT2D eigenvalue weighted by Gasteiger charge is 2.78. The summed E-state index contributed by atoms with van der Waals surface area (Å²) in [4.78, 5) is 27.5. The van der Waals surface area contributed by atoms with Crippen molar-refractivity contribution in [3.63, 3.8) is 0 Å². The van der Waals surface area contributed by atoms with E-state index in [0.717, 1.165) is 19.3 Å². The van der Waals surface area contributed by atoms with Crippen LogP contribution >= 0.6 is 0 Å². The first kappa shape index (κ1) is 16.0. The number of Topliss-reactive ketones (excluding diaryl/α,β-unsaturated/α-hetero) is 1. The standard InChI is InChI=1S/C16H21N3O4/c1-15-11(7-8-18-19-17)12(20)9-16(15,14(22)23-15)13(21)10-5-3-2-4-6-10/h3,5,10-11,13,21H,2,4,6-9H2,1H3/t10-,11+,13+,15+,16-/m1/s1. The van der Waals surface area contributed by atoms with Crippen molar-refractivity contribution >= 4 is 11.8 Å². The van der Waals surface area contributed by atoms with E-state index in [1.807, 2.05) is 12.2 Å². The highest BCUT2D eigenvalue weighted by molar-refractivity contribution is 6.00. The molecule has 0 aromatic rings. The Morgan fingerprint density at radius 2 is 2.35 bits per heavy atom. The van der Waals surface area contributed by atoms with E-state index in [1.54, 1.807) is 6.92 Å². The first-order valence-electron chi connectivity index (χ1n) is 8.09. The van der Waals surface area contributed by atoms with Crippen LogP contribution < -0.4 is 0 Å². The SMILES string of the molecule is C[C@@]12OC(=O)[C@]1([C@@H](O)[C@@H]1C=CCCC1)CC(=O)[C@@H]2CCN=[N+]=[N-]. The minimum Gasteiger partial charge on any atom is -0.457 e. The largest absolute Gasteiger partial charge is 0.457 e. The van der Waals surface area contributed by atoms with Gasteiger partial charge in [0.15, 0.2) is 0 Å². The summed E-state index contributed by atoms with van der Waals surface area (Å²) in [6, 6.07) is 0. The molecule has 1 N–H and O–H groups in total. The Morgan fingerprint density at radius 3 is 2.96 bits per heavy atom. The van der Waals surface area contributed by atoms with Crippen molar-refractivity contribution in [3.05, 3.63) is 22.6 Å². The topological polar surface area (TPSA) is 112 Å². The molecular weight excluding hydrogens is 298 g/mol. The fourth-order valence-corrected chi connectivity index (χ4v) is 4.52. The molecule has 1 saturated heterocycles. The molecule has 7 nitrogen and oxygen atoms in total. The Kier molecular flexibility index (Phi) is 3.94. The van der Waals surface area contributed by atoms with Gasteiger partial charge < -0.3 is 9.84 Å². The van der Waals surface area contributed by atoms with Gasteiger partial charge in [-0.25, -0.2) is 0 Å². The van der Waals surface area contributed by atoms with Crippen LogP contribution in [0.4, 0.5) is 0 Å². The van der Waals surface area contributed by atoms with Crippen LogP contribution in [0.1, 0.15) is 39.0 Å². The van der Waals surface area contributed by atoms with Gasteiger partial charge in [0.1, 0.15) is 16.8 Å². The lowest BCUT2D eigenvalue weighted by molar-refractivity contribution is -0.263. The molecule has 0 aromatic heterocycles. The number of azide groups is 1. The maximum absolute atomic E-state index is 12.5. The second-order valence-corrected chi connectivity index (χ2v) is 6.87. The normalized spacial score (nSPS) is 39.9. The number of hydrogen-bond donors (Lipinski definition) is 1. The molecule has 0 aromatic carbocycles. The Hall–Kier alpha value is -1.85. The molecule has 0 bridgehead atoms. The highest BCUT2D eigenvalue weighted by Crippen LogP contribution is 2.62. The molecule has 5 atom stereocenters. The Morgan fingerprint density at radius 1 is 1.57 bits per heavy atom. The van der Waals surface area contributed by atoms with Gasteiger partial charge in [0.05, 0.1) is 12.0 Å². The van der Waals surface area contributed by atoms with Crippen molar-refractivity contribution in [1.82, 2.24) is 0 Å². The Bertz CT molecular complexity index is 612. The summed E-state index contributed by atoms with van der Waals surface area (Å²) in [6.07, 6.45) is 6.15. The molecule has 0 spiro atoms. The molecule has 0 radical (unpaired) electrons. The van der Waals surface area contributed by atoms with Gasteiger partial charge >= 0.3 is 5.97 Å². The molecule has 1 aliphatic heterocycles. The zero-order valence-corrected chi connectivity index (χ0v) is 13.1. The average Bonchev–Trinajstić information content (AvgIpc) is 2.72. The van der Waals surface area contributed by atoms with Gasteiger partial charge in [0.25, 0.3) is 0 Å². The number of rotatable bonds is 5. The average molecular weight is 319 g/mol. The number of hydrogen-bond acceptors (Lipinski definition) is 5. The van der Waals surface area contributed by atoms with Crippen LogP contribution in [0.5, 0.6) is 0 Å². The molecule has 3 aliphatic rings. The van der Waals surface area contributed by atoms with Gasteiger partial charge in [0.2, 0.25) is 0 Å². The van der Waals surface area contributed by atoms with E-state index in [9.17, 15) is 14.7 Å². The third-order valence-electron chi connectivity index (χ3n) is 5.84. The first-order chi connectivity index (χ1) is 11.0. The minimum absolute atomic E-state index is 0.00870. The first-order valence-corrected chi connectivity index (χ1v) is 8.09. The summed E-state index contributed by atoms with van der Waals surface area (Å²) in [5.74, 6) is -1.22. The van der Waals surface area contributed by atoms with Crippen LogP contribution in [0.25, 0.3) is 10.4 Å². The Balaban J connectivity index is 1.89. The number of ether oxygens (including phenoxy) is 1. The third-order valence-corrected chi connectivity index (χ3v) is 5.84. The number of carbonyl (C=O) groups excluding carboxylic acids is 2. The van der Waals surface area contributed by atoms with E-state index in [0.29, 0.717) is 6.42 Å². The maximum Gasteiger partial charge on any atom is 0.319 e. The lowest BCUT2D eigenvalue weighted by Gasteiger charge is -2.55. The smallest absolute Gasteiger partial charge is 0.319 e. The highest BCUT2D eigenvalue weighted by atomic mass is 16.6. The molecule has 7 heteroatoms.